The topological polar surface area (TPSA) is 118 Å². The minimum atomic E-state index is -1.22. The molecule has 0 radical (unpaired) electrons. The normalized spacial score (nSPS) is 23.8. The molecular formula is C19H31NO9. The summed E-state index contributed by atoms with van der Waals surface area (Å²) < 4.78 is 26.5. The third-order valence-corrected chi connectivity index (χ3v) is 3.95. The summed E-state index contributed by atoms with van der Waals surface area (Å²) >= 11 is 0. The molecule has 0 aromatic carbocycles. The quantitative estimate of drug-likeness (QED) is 0.451. The minimum Gasteiger partial charge on any atom is -0.466 e. The van der Waals surface area contributed by atoms with Crippen LogP contribution in [0.2, 0.25) is 0 Å². The van der Waals surface area contributed by atoms with E-state index in [-0.39, 0.29) is 19.4 Å². The lowest BCUT2D eigenvalue weighted by atomic mass is 10.0. The zero-order valence-corrected chi connectivity index (χ0v) is 18.1. The van der Waals surface area contributed by atoms with Crippen molar-refractivity contribution >= 4 is 24.0 Å². The van der Waals surface area contributed by atoms with E-state index in [0.717, 1.165) is 0 Å². The fraction of sp³-hybridized carbons (Fsp3) is 0.789. The van der Waals surface area contributed by atoms with E-state index in [1.807, 2.05) is 0 Å². The summed E-state index contributed by atoms with van der Waals surface area (Å²) in [4.78, 5) is 48.7. The average Bonchev–Trinajstić information content (AvgIpc) is 2.87. The summed E-state index contributed by atoms with van der Waals surface area (Å²) in [6.07, 6.45) is -3.57. The van der Waals surface area contributed by atoms with Crippen LogP contribution in [0.15, 0.2) is 0 Å². The molecule has 1 rings (SSSR count). The lowest BCUT2D eigenvalue weighted by molar-refractivity contribution is -0.194. The first-order valence-electron chi connectivity index (χ1n) is 9.47. The highest BCUT2D eigenvalue weighted by atomic mass is 16.7. The van der Waals surface area contributed by atoms with Crippen LogP contribution in [-0.4, -0.2) is 72.7 Å². The second-order valence-corrected chi connectivity index (χ2v) is 7.65. The van der Waals surface area contributed by atoms with Crippen LogP contribution >= 0.6 is 0 Å². The van der Waals surface area contributed by atoms with Gasteiger partial charge in [0.05, 0.1) is 12.7 Å². The largest absolute Gasteiger partial charge is 0.466 e. The molecule has 1 aliphatic heterocycles. The molecule has 10 heteroatoms. The second kappa shape index (κ2) is 10.4. The van der Waals surface area contributed by atoms with Gasteiger partial charge in [0.15, 0.2) is 6.10 Å². The lowest BCUT2D eigenvalue weighted by Crippen LogP contribution is -2.51. The van der Waals surface area contributed by atoms with Crippen molar-refractivity contribution < 1.29 is 42.9 Å². The fourth-order valence-corrected chi connectivity index (χ4v) is 2.94. The van der Waals surface area contributed by atoms with Crippen LogP contribution in [-0.2, 0) is 38.1 Å². The van der Waals surface area contributed by atoms with Gasteiger partial charge < -0.3 is 28.6 Å². The number of hydrogen-bond acceptors (Lipinski definition) is 9. The number of ether oxygens (including phenoxy) is 5. The van der Waals surface area contributed by atoms with Gasteiger partial charge in [-0.05, 0) is 34.1 Å². The number of nitrogens with zero attached hydrogens (tertiary/aromatic N) is 1. The molecule has 1 saturated heterocycles. The van der Waals surface area contributed by atoms with Gasteiger partial charge >= 0.3 is 24.0 Å². The second-order valence-electron chi connectivity index (χ2n) is 7.65. The van der Waals surface area contributed by atoms with Crippen LogP contribution in [0.4, 0.5) is 4.79 Å². The number of amides is 1. The summed E-state index contributed by atoms with van der Waals surface area (Å²) in [5, 5.41) is 0. The Balaban J connectivity index is 3.13. The van der Waals surface area contributed by atoms with E-state index in [4.69, 9.17) is 23.7 Å². The van der Waals surface area contributed by atoms with Crippen molar-refractivity contribution in [1.82, 2.24) is 4.90 Å². The number of carbonyl (C=O) groups is 4. The predicted octanol–water partition coefficient (Wildman–Crippen LogP) is 1.78. The Kier molecular flexibility index (Phi) is 8.87. The summed E-state index contributed by atoms with van der Waals surface area (Å²) in [5.74, 6) is -1.71. The Labute approximate surface area is 170 Å². The van der Waals surface area contributed by atoms with Gasteiger partial charge in [-0.2, -0.15) is 0 Å². The number of rotatable bonds is 7. The van der Waals surface area contributed by atoms with Gasteiger partial charge in [0.2, 0.25) is 6.29 Å². The zero-order chi connectivity index (χ0) is 22.4. The van der Waals surface area contributed by atoms with Crippen LogP contribution in [0.5, 0.6) is 0 Å². The number of likely N-dealkylation sites (N-methyl/N-ethyl adjacent to an activating group) is 1. The molecule has 1 fully saturated rings. The monoisotopic (exact) mass is 417 g/mol. The Hall–Kier alpha value is -2.36. The van der Waals surface area contributed by atoms with E-state index >= 15 is 0 Å². The van der Waals surface area contributed by atoms with Gasteiger partial charge in [0.1, 0.15) is 11.6 Å². The summed E-state index contributed by atoms with van der Waals surface area (Å²) in [6, 6.07) is -0.840. The van der Waals surface area contributed by atoms with E-state index in [0.29, 0.717) is 0 Å². The van der Waals surface area contributed by atoms with Crippen LogP contribution < -0.4 is 0 Å². The molecule has 0 aromatic heterocycles. The highest BCUT2D eigenvalue weighted by molar-refractivity contribution is 5.70. The van der Waals surface area contributed by atoms with Gasteiger partial charge in [-0.1, -0.05) is 0 Å². The standard InChI is InChI=1S/C19H31NO9/c1-8-25-14(23)10-9-13-15(20(7)18(24)29-19(4,5)6)16(26-11(2)21)17(28-13)27-12(3)22/h13,15-17H,8-10H2,1-7H3/t13-,15+,16-,17?/m1/s1. The first kappa shape index (κ1) is 24.7. The molecule has 1 aliphatic rings. The van der Waals surface area contributed by atoms with Crippen molar-refractivity contribution in [3.8, 4) is 0 Å². The molecule has 0 N–H and O–H groups in total. The molecule has 10 nitrogen and oxygen atoms in total. The number of hydrogen-bond donors (Lipinski definition) is 0. The number of esters is 3. The van der Waals surface area contributed by atoms with E-state index in [9.17, 15) is 19.2 Å². The SMILES string of the molecule is CCOC(=O)CC[C@H]1OC(OC(C)=O)[C@H](OC(C)=O)[C@H]1N(C)C(=O)OC(C)(C)C. The van der Waals surface area contributed by atoms with Crippen molar-refractivity contribution in [2.45, 2.75) is 84.5 Å². The lowest BCUT2D eigenvalue weighted by Gasteiger charge is -2.33. The Morgan fingerprint density at radius 3 is 2.10 bits per heavy atom. The third-order valence-electron chi connectivity index (χ3n) is 3.95. The van der Waals surface area contributed by atoms with Crippen LogP contribution in [0.3, 0.4) is 0 Å². The highest BCUT2D eigenvalue weighted by Crippen LogP contribution is 2.32. The molecular weight excluding hydrogens is 386 g/mol. The van der Waals surface area contributed by atoms with Crippen molar-refractivity contribution in [3.63, 3.8) is 0 Å². The third kappa shape index (κ3) is 7.88. The maximum Gasteiger partial charge on any atom is 0.410 e. The van der Waals surface area contributed by atoms with Crippen molar-refractivity contribution in [3.05, 3.63) is 0 Å². The minimum absolute atomic E-state index is 0.0107. The fourth-order valence-electron chi connectivity index (χ4n) is 2.94. The zero-order valence-electron chi connectivity index (χ0n) is 18.1. The molecule has 1 unspecified atom stereocenters. The molecule has 166 valence electrons. The van der Waals surface area contributed by atoms with Crippen molar-refractivity contribution in [1.29, 1.82) is 0 Å². The molecule has 1 amide bonds. The molecule has 1 heterocycles. The first-order valence-corrected chi connectivity index (χ1v) is 9.47. The molecule has 0 aromatic rings. The van der Waals surface area contributed by atoms with E-state index in [1.54, 1.807) is 27.7 Å². The molecule has 0 aliphatic carbocycles. The predicted molar refractivity (Wildman–Crippen MR) is 99.6 cm³/mol. The molecule has 0 bridgehead atoms. The maximum absolute atomic E-state index is 12.6. The Morgan fingerprint density at radius 1 is 1.03 bits per heavy atom. The van der Waals surface area contributed by atoms with E-state index < -0.39 is 54.1 Å². The summed E-state index contributed by atoms with van der Waals surface area (Å²) in [6.45, 7) is 9.45. The Bertz CT molecular complexity index is 613. The van der Waals surface area contributed by atoms with Gasteiger partial charge in [0, 0.05) is 27.3 Å². The van der Waals surface area contributed by atoms with Gasteiger partial charge in [-0.3, -0.25) is 14.4 Å². The molecule has 0 spiro atoms. The average molecular weight is 417 g/mol. The summed E-state index contributed by atoms with van der Waals surface area (Å²) in [7, 11) is 1.46. The first-order chi connectivity index (χ1) is 13.4. The molecule has 4 atom stereocenters. The van der Waals surface area contributed by atoms with Crippen molar-refractivity contribution in [2.24, 2.45) is 0 Å². The van der Waals surface area contributed by atoms with E-state index in [2.05, 4.69) is 0 Å². The molecule has 29 heavy (non-hydrogen) atoms. The Morgan fingerprint density at radius 2 is 1.62 bits per heavy atom. The van der Waals surface area contributed by atoms with Gasteiger partial charge in [-0.15, -0.1) is 0 Å². The molecule has 0 saturated carbocycles. The number of carbonyl (C=O) groups excluding carboxylic acids is 4. The highest BCUT2D eigenvalue weighted by Gasteiger charge is 2.52. The van der Waals surface area contributed by atoms with Gasteiger partial charge in [-0.25, -0.2) is 4.79 Å². The smallest absolute Gasteiger partial charge is 0.410 e. The van der Waals surface area contributed by atoms with Gasteiger partial charge in [0.25, 0.3) is 0 Å². The summed E-state index contributed by atoms with van der Waals surface area (Å²) in [5.41, 5.74) is -0.753. The van der Waals surface area contributed by atoms with Crippen LogP contribution in [0.1, 0.15) is 54.4 Å². The van der Waals surface area contributed by atoms with E-state index in [1.165, 1.54) is 25.8 Å². The van der Waals surface area contributed by atoms with Crippen molar-refractivity contribution in [2.75, 3.05) is 13.7 Å². The van der Waals surface area contributed by atoms with Crippen LogP contribution in [0, 0.1) is 0 Å². The van der Waals surface area contributed by atoms with Crippen LogP contribution in [0.25, 0.3) is 0 Å². The maximum atomic E-state index is 12.6.